The van der Waals surface area contributed by atoms with Crippen LogP contribution in [0.4, 0.5) is 0 Å². The number of aryl methyl sites for hydroxylation is 1. The third-order valence-corrected chi connectivity index (χ3v) is 9.73. The molecule has 1 aromatic heterocycles. The Labute approximate surface area is 219 Å². The molecule has 206 valence electrons. The van der Waals surface area contributed by atoms with Crippen molar-refractivity contribution in [3.05, 3.63) is 68.1 Å². The summed E-state index contributed by atoms with van der Waals surface area (Å²) in [7, 11) is -4.91. The van der Waals surface area contributed by atoms with Crippen LogP contribution in [0.1, 0.15) is 45.7 Å². The second-order valence-electron chi connectivity index (χ2n) is 9.48. The predicted molar refractivity (Wildman–Crippen MR) is 145 cm³/mol. The molecule has 0 amide bonds. The number of aliphatic hydroxyl groups excluding tert-OH is 2. The van der Waals surface area contributed by atoms with E-state index in [1.54, 1.807) is 13.0 Å². The Kier molecular flexibility index (Phi) is 12.1. The van der Waals surface area contributed by atoms with Gasteiger partial charge in [0.2, 0.25) is 6.54 Å². The van der Waals surface area contributed by atoms with Crippen LogP contribution in [0, 0.1) is 19.4 Å². The minimum atomic E-state index is -3.30. The van der Waals surface area contributed by atoms with Crippen LogP contribution in [0.3, 0.4) is 0 Å². The van der Waals surface area contributed by atoms with Crippen molar-refractivity contribution < 1.29 is 23.8 Å². The Hall–Kier alpha value is -1.89. The number of aromatic nitrogens is 2. The van der Waals surface area contributed by atoms with Crippen molar-refractivity contribution in [1.29, 1.82) is 0 Å². The molecule has 4 atom stereocenters. The molecule has 0 aromatic carbocycles. The van der Waals surface area contributed by atoms with Crippen molar-refractivity contribution in [3.8, 4) is 0 Å². The molecule has 1 aromatic rings. The fourth-order valence-corrected chi connectivity index (χ4v) is 6.54. The molecule has 0 radical (unpaired) electrons. The molecule has 0 aliphatic heterocycles. The van der Waals surface area contributed by atoms with E-state index in [9.17, 15) is 24.4 Å². The first-order valence-corrected chi connectivity index (χ1v) is 15.4. The van der Waals surface area contributed by atoms with Gasteiger partial charge in [0.1, 0.15) is 19.3 Å². The zero-order valence-electron chi connectivity index (χ0n) is 22.0. The van der Waals surface area contributed by atoms with Gasteiger partial charge in [0.05, 0.1) is 12.1 Å². The summed E-state index contributed by atoms with van der Waals surface area (Å²) in [5.74, 6) is 0.956. The average Bonchev–Trinajstić information content (AvgIpc) is 2.85. The maximum absolute atomic E-state index is 12.6. The fourth-order valence-electron chi connectivity index (χ4n) is 3.99. The number of nitrogens with one attached hydrogen (secondary N) is 1. The minimum Gasteiger partial charge on any atom is -0.388 e. The molecule has 1 aliphatic carbocycles. The van der Waals surface area contributed by atoms with Crippen molar-refractivity contribution in [2.75, 3.05) is 25.8 Å². The van der Waals surface area contributed by atoms with Crippen LogP contribution in [-0.2, 0) is 13.6 Å². The van der Waals surface area contributed by atoms with Gasteiger partial charge in [-0.2, -0.15) is 0 Å². The largest absolute Gasteiger partial charge is 0.388 e. The quantitative estimate of drug-likeness (QED) is 0.145. The Bertz CT molecular complexity index is 1140. The van der Waals surface area contributed by atoms with Gasteiger partial charge in [0.25, 0.3) is 14.1 Å². The standard InChI is InChI=1S/C24H38N4O7P2/c1-17(2)28(18(3)4)36(34-11-10-25-6)35-22-13-21(27-14-19(5)23(31)26-24(27)32)8-7-20(22)9-12-37(33,15-29)16-30/h7-9,12,14,17-18,20-22,29-30H,10-11,13,15-16H2,1-5H3,(H,26,31,32)/b12-9+/t20?,21-,22+,36?/m1/s1. The van der Waals surface area contributed by atoms with Crippen molar-refractivity contribution in [2.45, 2.75) is 65.3 Å². The SMILES string of the molecule is [C-]#[N+]CCOP(O[C@H]1C[C@H](n2cc(C)c(=O)[nH]c2=O)C=CC1/C=C/P(=O)(CO)CO)N(C(C)C)C(C)C. The van der Waals surface area contributed by atoms with Crippen LogP contribution in [-0.4, -0.2) is 68.5 Å². The molecule has 2 unspecified atom stereocenters. The van der Waals surface area contributed by atoms with Crippen molar-refractivity contribution in [2.24, 2.45) is 5.92 Å². The highest BCUT2D eigenvalue weighted by atomic mass is 31.2. The summed E-state index contributed by atoms with van der Waals surface area (Å²) in [6.45, 7) is 17.2. The lowest BCUT2D eigenvalue weighted by Gasteiger charge is -2.39. The molecule has 0 fully saturated rings. The molecular formula is C24H38N4O7P2. The predicted octanol–water partition coefficient (Wildman–Crippen LogP) is 3.41. The van der Waals surface area contributed by atoms with E-state index in [2.05, 4.69) is 14.5 Å². The van der Waals surface area contributed by atoms with Crippen LogP contribution in [0.25, 0.3) is 4.85 Å². The molecule has 0 saturated heterocycles. The summed E-state index contributed by atoms with van der Waals surface area (Å²) in [5, 5.41) is 18.9. The maximum Gasteiger partial charge on any atom is 0.328 e. The summed E-state index contributed by atoms with van der Waals surface area (Å²) in [5.41, 5.74) is -0.584. The monoisotopic (exact) mass is 556 g/mol. The highest BCUT2D eigenvalue weighted by Crippen LogP contribution is 2.50. The number of hydrogen-bond acceptors (Lipinski definition) is 8. The van der Waals surface area contributed by atoms with Gasteiger partial charge in [0, 0.05) is 29.8 Å². The molecule has 37 heavy (non-hydrogen) atoms. The van der Waals surface area contributed by atoms with Gasteiger partial charge in [-0.1, -0.05) is 18.2 Å². The second-order valence-corrected chi connectivity index (χ2v) is 13.7. The molecule has 3 N–H and O–H groups in total. The molecule has 11 nitrogen and oxygen atoms in total. The number of rotatable bonds is 13. The van der Waals surface area contributed by atoms with Crippen LogP contribution < -0.4 is 11.2 Å². The minimum absolute atomic E-state index is 0.0800. The van der Waals surface area contributed by atoms with Crippen LogP contribution >= 0.6 is 15.7 Å². The Morgan fingerprint density at radius 3 is 2.49 bits per heavy atom. The number of aromatic amines is 1. The van der Waals surface area contributed by atoms with Crippen LogP contribution in [0.15, 0.2) is 39.8 Å². The van der Waals surface area contributed by atoms with Crippen LogP contribution in [0.2, 0.25) is 0 Å². The summed E-state index contributed by atoms with van der Waals surface area (Å²) in [6.07, 6.45) is 5.30. The number of H-pyrrole nitrogens is 1. The van der Waals surface area contributed by atoms with Gasteiger partial charge < -0.3 is 28.7 Å². The molecule has 0 bridgehead atoms. The summed E-state index contributed by atoms with van der Waals surface area (Å²) in [6, 6.07) is -0.264. The van der Waals surface area contributed by atoms with Crippen molar-refractivity contribution in [3.63, 3.8) is 0 Å². The summed E-state index contributed by atoms with van der Waals surface area (Å²) in [4.78, 5) is 30.1. The number of aliphatic hydroxyl groups is 2. The highest BCUT2D eigenvalue weighted by Gasteiger charge is 2.35. The van der Waals surface area contributed by atoms with Crippen LogP contribution in [0.5, 0.6) is 0 Å². The van der Waals surface area contributed by atoms with E-state index in [-0.39, 0.29) is 25.2 Å². The Morgan fingerprint density at radius 2 is 1.92 bits per heavy atom. The number of allylic oxidation sites excluding steroid dienone is 1. The molecule has 2 rings (SSSR count). The van der Waals surface area contributed by atoms with E-state index in [1.165, 1.54) is 16.6 Å². The molecule has 1 heterocycles. The molecule has 1 aliphatic rings. The summed E-state index contributed by atoms with van der Waals surface area (Å²) >= 11 is 0. The zero-order valence-corrected chi connectivity index (χ0v) is 23.8. The van der Waals surface area contributed by atoms with E-state index in [1.807, 2.05) is 39.8 Å². The smallest absolute Gasteiger partial charge is 0.328 e. The third-order valence-electron chi connectivity index (χ3n) is 5.90. The number of hydrogen-bond donors (Lipinski definition) is 3. The normalized spacial score (nSPS) is 21.3. The lowest BCUT2D eigenvalue weighted by molar-refractivity contribution is 0.101. The number of nitrogens with zero attached hydrogens (tertiary/aromatic N) is 3. The van der Waals surface area contributed by atoms with E-state index in [4.69, 9.17) is 15.6 Å². The van der Waals surface area contributed by atoms with Gasteiger partial charge in [-0.3, -0.25) is 14.3 Å². The first kappa shape index (κ1) is 31.3. The van der Waals surface area contributed by atoms with Crippen molar-refractivity contribution in [1.82, 2.24) is 14.2 Å². The van der Waals surface area contributed by atoms with Gasteiger partial charge in [0.15, 0.2) is 7.14 Å². The zero-order chi connectivity index (χ0) is 27.8. The molecular weight excluding hydrogens is 518 g/mol. The van der Waals surface area contributed by atoms with E-state index >= 15 is 0 Å². The first-order valence-electron chi connectivity index (χ1n) is 12.2. The molecule has 0 saturated carbocycles. The van der Waals surface area contributed by atoms with E-state index in [0.717, 1.165) is 0 Å². The Morgan fingerprint density at radius 1 is 1.27 bits per heavy atom. The topological polar surface area (TPSA) is 138 Å². The fraction of sp³-hybridized carbons (Fsp3) is 0.625. The van der Waals surface area contributed by atoms with Gasteiger partial charge in [-0.25, -0.2) is 16.0 Å². The van der Waals surface area contributed by atoms with Gasteiger partial charge in [-0.15, -0.1) is 0 Å². The van der Waals surface area contributed by atoms with E-state index in [0.29, 0.717) is 12.0 Å². The van der Waals surface area contributed by atoms with Crippen molar-refractivity contribution >= 4 is 15.7 Å². The second kappa shape index (κ2) is 14.3. The lowest BCUT2D eigenvalue weighted by atomic mass is 9.90. The Balaban J connectivity index is 2.49. The lowest BCUT2D eigenvalue weighted by Crippen LogP contribution is -2.38. The first-order chi connectivity index (χ1) is 17.5. The molecule has 0 spiro atoms. The average molecular weight is 557 g/mol. The van der Waals surface area contributed by atoms with Gasteiger partial charge >= 0.3 is 5.69 Å². The third kappa shape index (κ3) is 8.56. The molecule has 13 heteroatoms. The van der Waals surface area contributed by atoms with Gasteiger partial charge in [-0.05, 0) is 46.9 Å². The summed E-state index contributed by atoms with van der Waals surface area (Å²) < 4.78 is 28.8. The van der Waals surface area contributed by atoms with E-state index < -0.39 is 57.7 Å². The highest BCUT2D eigenvalue weighted by molar-refractivity contribution is 7.66. The maximum atomic E-state index is 12.6.